The van der Waals surface area contributed by atoms with Gasteiger partial charge in [0.25, 0.3) is 5.91 Å². The second-order valence-electron chi connectivity index (χ2n) is 11.6. The minimum absolute atomic E-state index is 0.0586. The summed E-state index contributed by atoms with van der Waals surface area (Å²) in [5.41, 5.74) is 3.68. The number of hydrogen-bond donors (Lipinski definition) is 2. The first-order valence-corrected chi connectivity index (χ1v) is 13.2. The van der Waals surface area contributed by atoms with Gasteiger partial charge in [0.15, 0.2) is 0 Å². The SMILES string of the molecule is COc1cc(C)c2[nH]ccc2c1CN1CCC2(CC1c1ccc(C(=O)NC3(C#N)CC3)cc1)CC(F)(F)C2. The normalized spacial score (nSPS) is 23.0. The molecule has 38 heavy (non-hydrogen) atoms. The molecule has 6 nitrogen and oxygen atoms in total. The number of ether oxygens (including phenoxy) is 1. The van der Waals surface area contributed by atoms with Gasteiger partial charge in [-0.05, 0) is 80.0 Å². The fourth-order valence-electron chi connectivity index (χ4n) is 6.58. The number of carbonyl (C=O) groups excluding carboxylic acids is 1. The Balaban J connectivity index is 1.30. The molecule has 1 unspecified atom stereocenters. The van der Waals surface area contributed by atoms with Gasteiger partial charge in [-0.1, -0.05) is 12.1 Å². The van der Waals surface area contributed by atoms with Crippen molar-refractivity contribution in [1.82, 2.24) is 15.2 Å². The minimum Gasteiger partial charge on any atom is -0.496 e. The van der Waals surface area contributed by atoms with E-state index in [0.29, 0.717) is 37.9 Å². The summed E-state index contributed by atoms with van der Waals surface area (Å²) in [6.07, 6.45) is 4.55. The van der Waals surface area contributed by atoms with Gasteiger partial charge < -0.3 is 15.0 Å². The first kappa shape index (κ1) is 24.9. The summed E-state index contributed by atoms with van der Waals surface area (Å²) in [6.45, 7) is 3.38. The molecule has 2 aromatic carbocycles. The van der Waals surface area contributed by atoms with Crippen LogP contribution in [0.3, 0.4) is 0 Å². The van der Waals surface area contributed by atoms with Gasteiger partial charge in [-0.3, -0.25) is 9.69 Å². The molecule has 0 radical (unpaired) electrons. The average Bonchev–Trinajstić information content (AvgIpc) is 3.47. The number of aryl methyl sites for hydroxylation is 1. The molecule has 3 aliphatic rings. The highest BCUT2D eigenvalue weighted by Crippen LogP contribution is 2.60. The van der Waals surface area contributed by atoms with Crippen molar-refractivity contribution in [1.29, 1.82) is 5.26 Å². The minimum atomic E-state index is -2.58. The largest absolute Gasteiger partial charge is 0.496 e. The maximum Gasteiger partial charge on any atom is 0.252 e. The third-order valence-corrected chi connectivity index (χ3v) is 8.83. The van der Waals surface area contributed by atoms with Crippen molar-refractivity contribution in [2.24, 2.45) is 5.41 Å². The number of nitrogens with zero attached hydrogens (tertiary/aromatic N) is 2. The maximum atomic E-state index is 14.0. The van der Waals surface area contributed by atoms with Gasteiger partial charge in [-0.2, -0.15) is 5.26 Å². The molecule has 1 aromatic heterocycles. The molecule has 1 atom stereocenters. The number of piperidine rings is 1. The van der Waals surface area contributed by atoms with Crippen LogP contribution in [0.25, 0.3) is 10.9 Å². The number of aromatic nitrogens is 1. The Morgan fingerprint density at radius 2 is 1.95 bits per heavy atom. The Labute approximate surface area is 221 Å². The van der Waals surface area contributed by atoms with Crippen molar-refractivity contribution >= 4 is 16.8 Å². The van der Waals surface area contributed by atoms with E-state index in [1.165, 1.54) is 0 Å². The smallest absolute Gasteiger partial charge is 0.252 e. The molecule has 1 aliphatic heterocycles. The van der Waals surface area contributed by atoms with Crippen LogP contribution in [0.2, 0.25) is 0 Å². The number of amides is 1. The summed E-state index contributed by atoms with van der Waals surface area (Å²) < 4.78 is 33.8. The van der Waals surface area contributed by atoms with Crippen LogP contribution in [-0.4, -0.2) is 40.9 Å². The lowest BCUT2D eigenvalue weighted by Crippen LogP contribution is -2.53. The van der Waals surface area contributed by atoms with Crippen LogP contribution in [0.15, 0.2) is 42.6 Å². The molecule has 2 saturated carbocycles. The molecule has 1 saturated heterocycles. The van der Waals surface area contributed by atoms with Crippen molar-refractivity contribution < 1.29 is 18.3 Å². The lowest BCUT2D eigenvalue weighted by Gasteiger charge is -2.54. The summed E-state index contributed by atoms with van der Waals surface area (Å²) >= 11 is 0. The predicted molar refractivity (Wildman–Crippen MR) is 140 cm³/mol. The quantitative estimate of drug-likeness (QED) is 0.418. The van der Waals surface area contributed by atoms with E-state index in [-0.39, 0.29) is 30.2 Å². The first-order chi connectivity index (χ1) is 18.2. The summed E-state index contributed by atoms with van der Waals surface area (Å²) in [5.74, 6) is -2.01. The second-order valence-corrected chi connectivity index (χ2v) is 11.6. The van der Waals surface area contributed by atoms with Gasteiger partial charge in [-0.15, -0.1) is 0 Å². The fraction of sp³-hybridized carbons (Fsp3) is 0.467. The van der Waals surface area contributed by atoms with Crippen molar-refractivity contribution in [2.45, 2.75) is 69.5 Å². The number of alkyl halides is 2. The first-order valence-electron chi connectivity index (χ1n) is 13.2. The molecule has 198 valence electrons. The number of fused-ring (bicyclic) bond motifs is 1. The zero-order valence-corrected chi connectivity index (χ0v) is 21.7. The number of nitriles is 1. The number of H-pyrrole nitrogens is 1. The average molecular weight is 519 g/mol. The summed E-state index contributed by atoms with van der Waals surface area (Å²) in [4.78, 5) is 18.4. The lowest BCUT2D eigenvalue weighted by molar-refractivity contribution is -0.186. The lowest BCUT2D eigenvalue weighted by atomic mass is 9.59. The van der Waals surface area contributed by atoms with Crippen molar-refractivity contribution in [3.8, 4) is 11.8 Å². The van der Waals surface area contributed by atoms with Gasteiger partial charge in [0.2, 0.25) is 5.92 Å². The standard InChI is InChI=1S/C30H32F2N4O2/c1-19-13-25(38-2)23(22-7-11-34-26(19)22)15-36-12-10-28(16-30(31,32)17-28)14-24(36)20-3-5-21(6-4-20)27(37)35-29(18-33)8-9-29/h3-7,11,13,24,34H,8-10,12,14-17H2,1-2H3,(H,35,37). The zero-order valence-electron chi connectivity index (χ0n) is 21.7. The molecule has 1 spiro atoms. The molecule has 2 heterocycles. The number of nitrogens with one attached hydrogen (secondary N) is 2. The highest BCUT2D eigenvalue weighted by Gasteiger charge is 2.58. The molecule has 0 bridgehead atoms. The Morgan fingerprint density at radius 1 is 1.21 bits per heavy atom. The van der Waals surface area contributed by atoms with E-state index in [9.17, 15) is 18.8 Å². The van der Waals surface area contributed by atoms with Crippen LogP contribution in [-0.2, 0) is 6.54 Å². The van der Waals surface area contributed by atoms with Gasteiger partial charge in [-0.25, -0.2) is 8.78 Å². The van der Waals surface area contributed by atoms with E-state index in [1.54, 1.807) is 19.2 Å². The number of aromatic amines is 1. The Kier molecular flexibility index (Phi) is 5.76. The molecule has 8 heteroatoms. The number of benzene rings is 2. The molecule has 2 N–H and O–H groups in total. The van der Waals surface area contributed by atoms with E-state index in [1.807, 2.05) is 24.4 Å². The van der Waals surface area contributed by atoms with E-state index in [2.05, 4.69) is 34.3 Å². The Bertz CT molecular complexity index is 1430. The maximum absolute atomic E-state index is 14.0. The van der Waals surface area contributed by atoms with Gasteiger partial charge in [0.05, 0.1) is 13.2 Å². The van der Waals surface area contributed by atoms with Crippen LogP contribution < -0.4 is 10.1 Å². The number of hydrogen-bond acceptors (Lipinski definition) is 4. The molecule has 2 aliphatic carbocycles. The topological polar surface area (TPSA) is 81.2 Å². The van der Waals surface area contributed by atoms with Crippen LogP contribution in [0, 0.1) is 23.7 Å². The van der Waals surface area contributed by atoms with Crippen LogP contribution in [0.4, 0.5) is 8.78 Å². The number of halogens is 2. The summed E-state index contributed by atoms with van der Waals surface area (Å²) in [5, 5.41) is 13.2. The van der Waals surface area contributed by atoms with Crippen LogP contribution in [0.5, 0.6) is 5.75 Å². The molecule has 1 amide bonds. The second kappa shape index (κ2) is 8.81. The highest BCUT2D eigenvalue weighted by atomic mass is 19.3. The zero-order chi connectivity index (χ0) is 26.7. The summed E-state index contributed by atoms with van der Waals surface area (Å²) in [7, 11) is 1.68. The van der Waals surface area contributed by atoms with Crippen LogP contribution in [0.1, 0.15) is 71.6 Å². The van der Waals surface area contributed by atoms with Crippen molar-refractivity contribution in [3.05, 3.63) is 64.8 Å². The van der Waals surface area contributed by atoms with Crippen molar-refractivity contribution in [3.63, 3.8) is 0 Å². The van der Waals surface area contributed by atoms with E-state index in [0.717, 1.165) is 39.8 Å². The van der Waals surface area contributed by atoms with Gasteiger partial charge >= 0.3 is 0 Å². The molecule has 3 aromatic rings. The van der Waals surface area contributed by atoms with Crippen LogP contribution >= 0.6 is 0 Å². The number of carbonyl (C=O) groups is 1. The third-order valence-electron chi connectivity index (χ3n) is 8.83. The van der Waals surface area contributed by atoms with E-state index >= 15 is 0 Å². The highest BCUT2D eigenvalue weighted by molar-refractivity contribution is 5.95. The third kappa shape index (κ3) is 4.33. The molecular weight excluding hydrogens is 486 g/mol. The van der Waals surface area contributed by atoms with E-state index < -0.39 is 11.5 Å². The van der Waals surface area contributed by atoms with Gasteiger partial charge in [0, 0.05) is 53.7 Å². The number of methoxy groups -OCH3 is 1. The monoisotopic (exact) mass is 518 g/mol. The van der Waals surface area contributed by atoms with E-state index in [4.69, 9.17) is 4.74 Å². The van der Waals surface area contributed by atoms with Gasteiger partial charge in [0.1, 0.15) is 11.3 Å². The molecule has 6 rings (SSSR count). The fourth-order valence-corrected chi connectivity index (χ4v) is 6.58. The summed E-state index contributed by atoms with van der Waals surface area (Å²) in [6, 6.07) is 13.7. The van der Waals surface area contributed by atoms with Crippen molar-refractivity contribution in [2.75, 3.05) is 13.7 Å². The number of rotatable bonds is 6. The Hall–Kier alpha value is -3.44. The Morgan fingerprint density at radius 3 is 2.58 bits per heavy atom. The molecular formula is C30H32F2N4O2. The molecule has 3 fully saturated rings. The number of likely N-dealkylation sites (tertiary alicyclic amines) is 1. The predicted octanol–water partition coefficient (Wildman–Crippen LogP) is 6.02.